The summed E-state index contributed by atoms with van der Waals surface area (Å²) in [7, 11) is 0. The van der Waals surface area contributed by atoms with E-state index in [1.54, 1.807) is 0 Å². The molecule has 0 atom stereocenters. The van der Waals surface area contributed by atoms with Gasteiger partial charge in [0.05, 0.1) is 11.4 Å². The Morgan fingerprint density at radius 2 is 2.29 bits per heavy atom. The van der Waals surface area contributed by atoms with Gasteiger partial charge in [-0.05, 0) is 53.4 Å². The first-order valence-electron chi connectivity index (χ1n) is 7.81. The molecule has 3 rings (SSSR count). The number of amides is 1. The van der Waals surface area contributed by atoms with Crippen molar-refractivity contribution in [2.24, 2.45) is 0 Å². The number of hydrogen-bond donors (Lipinski definition) is 1. The topological polar surface area (TPSA) is 59.8 Å². The molecule has 24 heavy (non-hydrogen) atoms. The van der Waals surface area contributed by atoms with Crippen LogP contribution in [0.15, 0.2) is 40.5 Å². The quantitative estimate of drug-likeness (QED) is 0.554. The highest BCUT2D eigenvalue weighted by molar-refractivity contribution is 9.10. The second kappa shape index (κ2) is 7.53. The van der Waals surface area contributed by atoms with Crippen molar-refractivity contribution in [3.8, 4) is 0 Å². The Morgan fingerprint density at radius 1 is 1.50 bits per heavy atom. The molecule has 126 valence electrons. The van der Waals surface area contributed by atoms with Gasteiger partial charge in [0, 0.05) is 16.9 Å². The first-order valence-corrected chi connectivity index (χ1v) is 9.59. The van der Waals surface area contributed by atoms with Gasteiger partial charge in [-0.1, -0.05) is 23.9 Å². The van der Waals surface area contributed by atoms with E-state index in [1.807, 2.05) is 31.2 Å². The maximum Gasteiger partial charge on any atom is 0.234 e. The van der Waals surface area contributed by atoms with Crippen LogP contribution >= 0.6 is 27.7 Å². The van der Waals surface area contributed by atoms with Gasteiger partial charge in [-0.15, -0.1) is 16.8 Å². The van der Waals surface area contributed by atoms with Gasteiger partial charge in [0.1, 0.15) is 5.82 Å². The molecule has 5 nitrogen and oxygen atoms in total. The molecule has 1 aliphatic carbocycles. The normalized spacial score (nSPS) is 13.8. The summed E-state index contributed by atoms with van der Waals surface area (Å²) in [6, 6.07) is 5.84. The summed E-state index contributed by atoms with van der Waals surface area (Å²) in [6.45, 7) is 6.48. The van der Waals surface area contributed by atoms with E-state index in [2.05, 4.69) is 42.6 Å². The Morgan fingerprint density at radius 3 is 2.96 bits per heavy atom. The van der Waals surface area contributed by atoms with E-state index in [9.17, 15) is 4.79 Å². The van der Waals surface area contributed by atoms with Gasteiger partial charge in [0.2, 0.25) is 5.91 Å². The first kappa shape index (κ1) is 17.2. The van der Waals surface area contributed by atoms with Crippen molar-refractivity contribution in [1.82, 2.24) is 14.8 Å². The molecule has 1 heterocycles. The maximum atomic E-state index is 12.2. The number of rotatable bonds is 7. The van der Waals surface area contributed by atoms with Crippen LogP contribution in [0, 0.1) is 6.92 Å². The van der Waals surface area contributed by atoms with Crippen LogP contribution in [0.2, 0.25) is 0 Å². The molecule has 1 fully saturated rings. The van der Waals surface area contributed by atoms with Crippen molar-refractivity contribution in [3.05, 3.63) is 46.7 Å². The Hall–Kier alpha value is -1.60. The second-order valence-electron chi connectivity index (χ2n) is 5.83. The molecule has 1 aromatic carbocycles. The number of benzene rings is 1. The van der Waals surface area contributed by atoms with E-state index in [0.29, 0.717) is 18.2 Å². The van der Waals surface area contributed by atoms with Gasteiger partial charge >= 0.3 is 0 Å². The summed E-state index contributed by atoms with van der Waals surface area (Å²) in [5, 5.41) is 12.2. The van der Waals surface area contributed by atoms with Crippen molar-refractivity contribution in [2.75, 3.05) is 11.1 Å². The molecule has 7 heteroatoms. The van der Waals surface area contributed by atoms with Crippen LogP contribution in [0.1, 0.15) is 30.1 Å². The minimum Gasteiger partial charge on any atom is -0.324 e. The van der Waals surface area contributed by atoms with Crippen LogP contribution in [0.25, 0.3) is 0 Å². The number of aromatic nitrogens is 3. The van der Waals surface area contributed by atoms with E-state index in [0.717, 1.165) is 26.7 Å². The van der Waals surface area contributed by atoms with E-state index >= 15 is 0 Å². The third kappa shape index (κ3) is 4.08. The van der Waals surface area contributed by atoms with Crippen LogP contribution in [0.5, 0.6) is 0 Å². The van der Waals surface area contributed by atoms with Gasteiger partial charge in [-0.25, -0.2) is 0 Å². The highest BCUT2D eigenvalue weighted by Gasteiger charge is 2.30. The number of carbonyl (C=O) groups excluding carboxylic acids is 1. The van der Waals surface area contributed by atoms with E-state index in [4.69, 9.17) is 0 Å². The number of thioether (sulfide) groups is 1. The van der Waals surface area contributed by atoms with E-state index < -0.39 is 0 Å². The lowest BCUT2D eigenvalue weighted by atomic mass is 10.2. The maximum absolute atomic E-state index is 12.2. The monoisotopic (exact) mass is 406 g/mol. The summed E-state index contributed by atoms with van der Waals surface area (Å²) in [4.78, 5) is 12.2. The van der Waals surface area contributed by atoms with Crippen molar-refractivity contribution in [1.29, 1.82) is 0 Å². The number of halogens is 1. The molecule has 1 amide bonds. The van der Waals surface area contributed by atoms with Gasteiger partial charge in [-0.2, -0.15) is 0 Å². The number of nitrogens with one attached hydrogen (secondary N) is 1. The second-order valence-corrected chi connectivity index (χ2v) is 7.63. The third-order valence-corrected chi connectivity index (χ3v) is 5.35. The molecule has 2 aromatic rings. The Labute approximate surface area is 154 Å². The largest absolute Gasteiger partial charge is 0.324 e. The molecule has 0 unspecified atom stereocenters. The Kier molecular flexibility index (Phi) is 5.40. The molecule has 0 spiro atoms. The summed E-state index contributed by atoms with van der Waals surface area (Å²) in [5.74, 6) is 1.76. The highest BCUT2D eigenvalue weighted by atomic mass is 79.9. The van der Waals surface area contributed by atoms with Crippen LogP contribution in [-0.4, -0.2) is 26.4 Å². The van der Waals surface area contributed by atoms with Gasteiger partial charge in [0.15, 0.2) is 5.16 Å². The van der Waals surface area contributed by atoms with Crippen LogP contribution in [0.3, 0.4) is 0 Å². The average molecular weight is 407 g/mol. The Bertz CT molecular complexity index is 770. The third-order valence-electron chi connectivity index (χ3n) is 3.73. The van der Waals surface area contributed by atoms with E-state index in [-0.39, 0.29) is 5.91 Å². The van der Waals surface area contributed by atoms with Crippen LogP contribution in [-0.2, 0) is 11.3 Å². The number of anilines is 1. The summed E-state index contributed by atoms with van der Waals surface area (Å²) in [5.41, 5.74) is 1.91. The average Bonchev–Trinajstić information content (AvgIpc) is 3.31. The van der Waals surface area contributed by atoms with Crippen LogP contribution in [0.4, 0.5) is 5.69 Å². The number of aryl methyl sites for hydroxylation is 1. The first-order chi connectivity index (χ1) is 11.6. The lowest BCUT2D eigenvalue weighted by Gasteiger charge is -2.09. The van der Waals surface area contributed by atoms with E-state index in [1.165, 1.54) is 24.6 Å². The molecule has 1 aromatic heterocycles. The van der Waals surface area contributed by atoms with Crippen molar-refractivity contribution >= 4 is 39.3 Å². The fourth-order valence-corrected chi connectivity index (χ4v) is 3.74. The van der Waals surface area contributed by atoms with Crippen molar-refractivity contribution < 1.29 is 4.79 Å². The predicted molar refractivity (Wildman–Crippen MR) is 100 cm³/mol. The Balaban J connectivity index is 1.62. The zero-order valence-corrected chi connectivity index (χ0v) is 15.9. The molecule has 0 radical (unpaired) electrons. The number of hydrogen-bond acceptors (Lipinski definition) is 4. The van der Waals surface area contributed by atoms with Gasteiger partial charge in [0.25, 0.3) is 0 Å². The van der Waals surface area contributed by atoms with Crippen molar-refractivity contribution in [3.63, 3.8) is 0 Å². The molecule has 0 aliphatic heterocycles. The fourth-order valence-electron chi connectivity index (χ4n) is 2.39. The van der Waals surface area contributed by atoms with Gasteiger partial charge in [-0.3, -0.25) is 4.79 Å². The zero-order valence-electron chi connectivity index (χ0n) is 13.5. The number of allylic oxidation sites excluding steroid dienone is 1. The fraction of sp³-hybridized carbons (Fsp3) is 0.353. The number of carbonyl (C=O) groups is 1. The molecule has 1 saturated carbocycles. The minimum atomic E-state index is -0.0642. The zero-order chi connectivity index (χ0) is 17.1. The SMILES string of the molecule is C=CCn1c(SCC(=O)Nc2ccc(C)cc2Br)nnc1C1CC1. The molecule has 0 saturated heterocycles. The lowest BCUT2D eigenvalue weighted by Crippen LogP contribution is -2.15. The molecular formula is C17H19BrN4OS. The van der Waals surface area contributed by atoms with Crippen molar-refractivity contribution in [2.45, 2.75) is 37.4 Å². The molecule has 0 bridgehead atoms. The van der Waals surface area contributed by atoms with Gasteiger partial charge < -0.3 is 9.88 Å². The van der Waals surface area contributed by atoms with Crippen LogP contribution < -0.4 is 5.32 Å². The highest BCUT2D eigenvalue weighted by Crippen LogP contribution is 2.40. The molecular weight excluding hydrogens is 388 g/mol. The summed E-state index contributed by atoms with van der Waals surface area (Å²) >= 11 is 4.87. The smallest absolute Gasteiger partial charge is 0.234 e. The summed E-state index contributed by atoms with van der Waals surface area (Å²) in [6.07, 6.45) is 4.17. The predicted octanol–water partition coefficient (Wildman–Crippen LogP) is 4.14. The molecule has 1 aliphatic rings. The standard InChI is InChI=1S/C17H19BrN4OS/c1-3-8-22-16(12-5-6-12)20-21-17(22)24-10-15(23)19-14-7-4-11(2)9-13(14)18/h3-4,7,9,12H,1,5-6,8,10H2,2H3,(H,19,23). The number of nitrogens with zero attached hydrogens (tertiary/aromatic N) is 3. The summed E-state index contributed by atoms with van der Waals surface area (Å²) < 4.78 is 2.94. The molecule has 1 N–H and O–H groups in total. The lowest BCUT2D eigenvalue weighted by molar-refractivity contribution is -0.113. The minimum absolute atomic E-state index is 0.0642.